The highest BCUT2D eigenvalue weighted by molar-refractivity contribution is 6.34. The lowest BCUT2D eigenvalue weighted by molar-refractivity contribution is -0.126. The molecule has 3 aromatic rings. The number of hydrogen-bond donors (Lipinski definition) is 1. The standard InChI is InChI=1S/C23H20ClFN4O2.CH4/c1-3-14-9-15(11-16(30)10-14)20-18(24)12-17-22(21(20)25)26-13-27-23(17)29-7-5-28(6-8-29)19(31)4-2;/h3-4,9-13,30H,1-2,5-8H2;1H4. The molecule has 2 aromatic carbocycles. The highest BCUT2D eigenvalue weighted by Gasteiger charge is 2.24. The zero-order valence-electron chi connectivity index (χ0n) is 16.7. The van der Waals surface area contributed by atoms with Crippen molar-refractivity contribution in [1.29, 1.82) is 0 Å². The van der Waals surface area contributed by atoms with Crippen molar-refractivity contribution in [1.82, 2.24) is 14.9 Å². The Morgan fingerprint density at radius 3 is 2.50 bits per heavy atom. The number of nitrogens with zero attached hydrogens (tertiary/aromatic N) is 4. The van der Waals surface area contributed by atoms with Gasteiger partial charge in [-0.3, -0.25) is 4.79 Å². The summed E-state index contributed by atoms with van der Waals surface area (Å²) in [4.78, 5) is 24.0. The number of amides is 1. The van der Waals surface area contributed by atoms with Gasteiger partial charge in [0.15, 0.2) is 5.82 Å². The number of carbonyl (C=O) groups is 1. The van der Waals surface area contributed by atoms with E-state index in [1.165, 1.54) is 24.5 Å². The number of aromatic nitrogens is 2. The number of aromatic hydroxyl groups is 1. The summed E-state index contributed by atoms with van der Waals surface area (Å²) in [6, 6.07) is 6.31. The van der Waals surface area contributed by atoms with E-state index in [0.29, 0.717) is 48.5 Å². The first-order chi connectivity index (χ1) is 14.9. The molecule has 1 aliphatic rings. The minimum Gasteiger partial charge on any atom is -0.508 e. The Kier molecular flexibility index (Phi) is 6.79. The van der Waals surface area contributed by atoms with Crippen LogP contribution in [0.5, 0.6) is 5.75 Å². The molecule has 0 bridgehead atoms. The van der Waals surface area contributed by atoms with E-state index in [1.807, 2.05) is 4.90 Å². The summed E-state index contributed by atoms with van der Waals surface area (Å²) in [6.07, 6.45) is 4.18. The Morgan fingerprint density at radius 2 is 1.84 bits per heavy atom. The molecular weight excluding hydrogens is 431 g/mol. The molecule has 4 rings (SSSR count). The van der Waals surface area contributed by atoms with Crippen LogP contribution in [0.3, 0.4) is 0 Å². The van der Waals surface area contributed by atoms with E-state index < -0.39 is 5.82 Å². The third-order valence-corrected chi connectivity index (χ3v) is 5.63. The fraction of sp³-hybridized carbons (Fsp3) is 0.208. The van der Waals surface area contributed by atoms with Crippen LogP contribution in [-0.4, -0.2) is 52.1 Å². The lowest BCUT2D eigenvalue weighted by atomic mass is 10.00. The quantitative estimate of drug-likeness (QED) is 0.567. The molecule has 1 aliphatic heterocycles. The van der Waals surface area contributed by atoms with Crippen molar-refractivity contribution in [2.24, 2.45) is 0 Å². The van der Waals surface area contributed by atoms with E-state index in [0.717, 1.165) is 0 Å². The van der Waals surface area contributed by atoms with Crippen LogP contribution in [0, 0.1) is 5.82 Å². The molecule has 0 atom stereocenters. The first-order valence-corrected chi connectivity index (χ1v) is 10.1. The number of anilines is 1. The normalized spacial score (nSPS) is 13.6. The van der Waals surface area contributed by atoms with Crippen molar-refractivity contribution < 1.29 is 14.3 Å². The number of halogens is 2. The van der Waals surface area contributed by atoms with Gasteiger partial charge in [-0.05, 0) is 41.5 Å². The molecule has 1 aromatic heterocycles. The molecule has 0 saturated carbocycles. The van der Waals surface area contributed by atoms with Crippen molar-refractivity contribution >= 4 is 40.3 Å². The molecule has 0 unspecified atom stereocenters. The minimum absolute atomic E-state index is 0. The van der Waals surface area contributed by atoms with Gasteiger partial charge in [-0.15, -0.1) is 0 Å². The van der Waals surface area contributed by atoms with Crippen LogP contribution in [0.25, 0.3) is 28.1 Å². The van der Waals surface area contributed by atoms with Crippen molar-refractivity contribution in [2.45, 2.75) is 7.43 Å². The van der Waals surface area contributed by atoms with Gasteiger partial charge in [0.2, 0.25) is 5.91 Å². The molecule has 32 heavy (non-hydrogen) atoms. The van der Waals surface area contributed by atoms with Gasteiger partial charge in [0.05, 0.1) is 5.02 Å². The average Bonchev–Trinajstić information content (AvgIpc) is 2.78. The van der Waals surface area contributed by atoms with Crippen molar-refractivity contribution in [3.05, 3.63) is 66.2 Å². The molecule has 6 nitrogen and oxygen atoms in total. The topological polar surface area (TPSA) is 69.6 Å². The molecule has 0 aliphatic carbocycles. The van der Waals surface area contributed by atoms with Gasteiger partial charge < -0.3 is 14.9 Å². The maximum Gasteiger partial charge on any atom is 0.246 e. The van der Waals surface area contributed by atoms with Crippen LogP contribution >= 0.6 is 11.6 Å². The van der Waals surface area contributed by atoms with Gasteiger partial charge in [-0.25, -0.2) is 14.4 Å². The smallest absolute Gasteiger partial charge is 0.246 e. The molecule has 166 valence electrons. The average molecular weight is 455 g/mol. The van der Waals surface area contributed by atoms with Gasteiger partial charge >= 0.3 is 0 Å². The van der Waals surface area contributed by atoms with Crippen LogP contribution in [0.15, 0.2) is 49.8 Å². The highest BCUT2D eigenvalue weighted by Crippen LogP contribution is 2.39. The van der Waals surface area contributed by atoms with E-state index in [1.54, 1.807) is 23.1 Å². The summed E-state index contributed by atoms with van der Waals surface area (Å²) in [6.45, 7) is 9.32. The second kappa shape index (κ2) is 9.36. The number of phenols is 1. The molecule has 1 fully saturated rings. The van der Waals surface area contributed by atoms with Crippen LogP contribution in [0.4, 0.5) is 10.2 Å². The van der Waals surface area contributed by atoms with Crippen LogP contribution < -0.4 is 4.90 Å². The zero-order valence-corrected chi connectivity index (χ0v) is 17.4. The van der Waals surface area contributed by atoms with Crippen LogP contribution in [0.1, 0.15) is 13.0 Å². The third-order valence-electron chi connectivity index (χ3n) is 5.33. The van der Waals surface area contributed by atoms with Gasteiger partial charge in [0.1, 0.15) is 23.4 Å². The van der Waals surface area contributed by atoms with Gasteiger partial charge in [0.25, 0.3) is 0 Å². The third kappa shape index (κ3) is 4.16. The lowest BCUT2D eigenvalue weighted by Gasteiger charge is -2.35. The second-order valence-corrected chi connectivity index (χ2v) is 7.58. The Morgan fingerprint density at radius 1 is 1.12 bits per heavy atom. The summed E-state index contributed by atoms with van der Waals surface area (Å²) >= 11 is 6.50. The van der Waals surface area contributed by atoms with Gasteiger partial charge in [0, 0.05) is 37.1 Å². The molecule has 8 heteroatoms. The second-order valence-electron chi connectivity index (χ2n) is 7.17. The number of piperazine rings is 1. The summed E-state index contributed by atoms with van der Waals surface area (Å²) in [5.41, 5.74) is 1.36. The largest absolute Gasteiger partial charge is 0.508 e. The van der Waals surface area contributed by atoms with Gasteiger partial charge in [-0.1, -0.05) is 38.3 Å². The molecule has 1 N–H and O–H groups in total. The Bertz CT molecular complexity index is 1210. The van der Waals surface area contributed by atoms with Crippen molar-refractivity contribution in [3.63, 3.8) is 0 Å². The fourth-order valence-corrected chi connectivity index (χ4v) is 4.10. The van der Waals surface area contributed by atoms with E-state index in [4.69, 9.17) is 11.6 Å². The zero-order chi connectivity index (χ0) is 22.1. The molecule has 1 saturated heterocycles. The molecule has 0 radical (unpaired) electrons. The summed E-state index contributed by atoms with van der Waals surface area (Å²) < 4.78 is 15.6. The summed E-state index contributed by atoms with van der Waals surface area (Å²) in [5.74, 6) is -0.160. The Hall–Kier alpha value is -3.45. The number of carbonyl (C=O) groups excluding carboxylic acids is 1. The number of phenolic OH excluding ortho intramolecular Hbond substituents is 1. The maximum absolute atomic E-state index is 15.6. The van der Waals surface area contributed by atoms with E-state index in [2.05, 4.69) is 23.1 Å². The first-order valence-electron chi connectivity index (χ1n) is 9.68. The van der Waals surface area contributed by atoms with E-state index in [-0.39, 0.29) is 35.2 Å². The number of hydrogen-bond acceptors (Lipinski definition) is 5. The summed E-state index contributed by atoms with van der Waals surface area (Å²) in [7, 11) is 0. The van der Waals surface area contributed by atoms with E-state index in [9.17, 15) is 9.90 Å². The molecule has 1 amide bonds. The summed E-state index contributed by atoms with van der Waals surface area (Å²) in [5, 5.41) is 10.7. The molecule has 2 heterocycles. The number of benzene rings is 2. The Labute approximate surface area is 191 Å². The lowest BCUT2D eigenvalue weighted by Crippen LogP contribution is -2.48. The molecular formula is C24H24ClFN4O2. The van der Waals surface area contributed by atoms with Crippen LogP contribution in [0.2, 0.25) is 5.02 Å². The SMILES string of the molecule is C.C=CC(=O)N1CCN(c2ncnc3c(F)c(-c4cc(O)cc(C=C)c4)c(Cl)cc23)CC1. The monoisotopic (exact) mass is 454 g/mol. The van der Waals surface area contributed by atoms with E-state index >= 15 is 4.39 Å². The van der Waals surface area contributed by atoms with Crippen molar-refractivity contribution in [3.8, 4) is 16.9 Å². The van der Waals surface area contributed by atoms with Crippen molar-refractivity contribution in [2.75, 3.05) is 31.1 Å². The predicted molar refractivity (Wildman–Crippen MR) is 127 cm³/mol. The fourth-order valence-electron chi connectivity index (χ4n) is 3.80. The highest BCUT2D eigenvalue weighted by atomic mass is 35.5. The minimum atomic E-state index is -0.591. The number of fused-ring (bicyclic) bond motifs is 1. The Balaban J connectivity index is 0.00000289. The maximum atomic E-state index is 15.6. The predicted octanol–water partition coefficient (Wildman–Crippen LogP) is 4.91. The van der Waals surface area contributed by atoms with Gasteiger partial charge in [-0.2, -0.15) is 0 Å². The first kappa shape index (κ1) is 23.2. The van der Waals surface area contributed by atoms with Crippen LogP contribution in [-0.2, 0) is 4.79 Å². The number of rotatable bonds is 4. The molecule has 0 spiro atoms.